The fourth-order valence-corrected chi connectivity index (χ4v) is 1.78. The fourth-order valence-electron chi connectivity index (χ4n) is 1.61. The number of rotatable bonds is 2. The van der Waals surface area contributed by atoms with Gasteiger partial charge in [-0.15, -0.1) is 0 Å². The maximum atomic E-state index is 9.76. The van der Waals surface area contributed by atoms with Gasteiger partial charge in [0.15, 0.2) is 0 Å². The Morgan fingerprint density at radius 1 is 1.12 bits per heavy atom. The van der Waals surface area contributed by atoms with E-state index in [-0.39, 0.29) is 5.75 Å². The van der Waals surface area contributed by atoms with E-state index in [0.29, 0.717) is 11.6 Å². The van der Waals surface area contributed by atoms with Gasteiger partial charge in [-0.3, -0.25) is 0 Å². The van der Waals surface area contributed by atoms with Gasteiger partial charge in [-0.1, -0.05) is 29.8 Å². The van der Waals surface area contributed by atoms with Crippen LogP contribution in [0.2, 0.25) is 5.02 Å². The maximum Gasteiger partial charge on any atom is 0.123 e. The normalized spacial score (nSPS) is 10.4. The first-order valence-corrected chi connectivity index (χ1v) is 5.36. The molecule has 2 aromatic carbocycles. The van der Waals surface area contributed by atoms with Crippen molar-refractivity contribution in [2.24, 2.45) is 5.73 Å². The minimum atomic E-state index is 0.221. The van der Waals surface area contributed by atoms with E-state index in [1.165, 1.54) is 0 Å². The number of hydrogen-bond acceptors (Lipinski definition) is 2. The highest BCUT2D eigenvalue weighted by atomic mass is 35.5. The molecule has 0 spiro atoms. The molecule has 3 N–H and O–H groups in total. The van der Waals surface area contributed by atoms with Crippen LogP contribution in [0.1, 0.15) is 5.56 Å². The summed E-state index contributed by atoms with van der Waals surface area (Å²) < 4.78 is 0. The van der Waals surface area contributed by atoms with Gasteiger partial charge in [0.2, 0.25) is 0 Å². The number of phenols is 1. The van der Waals surface area contributed by atoms with Gasteiger partial charge in [-0.25, -0.2) is 0 Å². The molecule has 16 heavy (non-hydrogen) atoms. The molecule has 2 aromatic rings. The van der Waals surface area contributed by atoms with Crippen molar-refractivity contribution in [2.75, 3.05) is 0 Å². The van der Waals surface area contributed by atoms with Gasteiger partial charge in [-0.05, 0) is 35.4 Å². The molecule has 0 bridgehead atoms. The van der Waals surface area contributed by atoms with Crippen molar-refractivity contribution in [3.63, 3.8) is 0 Å². The topological polar surface area (TPSA) is 46.2 Å². The van der Waals surface area contributed by atoms with Crippen LogP contribution in [0, 0.1) is 0 Å². The summed E-state index contributed by atoms with van der Waals surface area (Å²) in [4.78, 5) is 0. The molecule has 0 aliphatic rings. The van der Waals surface area contributed by atoms with Gasteiger partial charge in [0.25, 0.3) is 0 Å². The number of halogens is 1. The Morgan fingerprint density at radius 2 is 1.94 bits per heavy atom. The summed E-state index contributed by atoms with van der Waals surface area (Å²) in [6.45, 7) is 0.481. The lowest BCUT2D eigenvalue weighted by Gasteiger charge is -2.06. The van der Waals surface area contributed by atoms with Crippen molar-refractivity contribution in [3.8, 4) is 16.9 Å². The van der Waals surface area contributed by atoms with Crippen LogP contribution in [0.3, 0.4) is 0 Å². The molecule has 82 valence electrons. The second kappa shape index (κ2) is 4.56. The van der Waals surface area contributed by atoms with Gasteiger partial charge in [0.05, 0.1) is 0 Å². The van der Waals surface area contributed by atoms with Crippen LogP contribution in [0.25, 0.3) is 11.1 Å². The molecule has 0 heterocycles. The quantitative estimate of drug-likeness (QED) is 0.837. The Kier molecular flexibility index (Phi) is 3.13. The lowest BCUT2D eigenvalue weighted by atomic mass is 10.0. The smallest absolute Gasteiger partial charge is 0.123 e. The first-order valence-electron chi connectivity index (χ1n) is 4.98. The average molecular weight is 234 g/mol. The summed E-state index contributed by atoms with van der Waals surface area (Å²) in [5.41, 5.74) is 8.25. The Bertz CT molecular complexity index is 511. The standard InChI is InChI=1S/C13H12ClNO/c14-11-4-5-13(16)12(7-11)10-3-1-2-9(6-10)8-15/h1-7,16H,8,15H2. The molecule has 2 nitrogen and oxygen atoms in total. The summed E-state index contributed by atoms with van der Waals surface area (Å²) in [6, 6.07) is 12.7. The summed E-state index contributed by atoms with van der Waals surface area (Å²) in [6.07, 6.45) is 0. The third-order valence-electron chi connectivity index (χ3n) is 2.43. The van der Waals surface area contributed by atoms with E-state index in [2.05, 4.69) is 0 Å². The predicted molar refractivity (Wildman–Crippen MR) is 66.4 cm³/mol. The average Bonchev–Trinajstić information content (AvgIpc) is 2.32. The highest BCUT2D eigenvalue weighted by Gasteiger charge is 2.05. The summed E-state index contributed by atoms with van der Waals surface area (Å²) in [5.74, 6) is 0.221. The van der Waals surface area contributed by atoms with Gasteiger partial charge >= 0.3 is 0 Å². The number of benzene rings is 2. The van der Waals surface area contributed by atoms with E-state index < -0.39 is 0 Å². The van der Waals surface area contributed by atoms with Crippen LogP contribution in [0.4, 0.5) is 0 Å². The molecule has 0 saturated heterocycles. The van der Waals surface area contributed by atoms with Crippen LogP contribution in [-0.2, 0) is 6.54 Å². The molecule has 0 aromatic heterocycles. The second-order valence-electron chi connectivity index (χ2n) is 3.57. The lowest BCUT2D eigenvalue weighted by Crippen LogP contribution is -1.95. The van der Waals surface area contributed by atoms with E-state index in [9.17, 15) is 5.11 Å². The fraction of sp³-hybridized carbons (Fsp3) is 0.0769. The zero-order chi connectivity index (χ0) is 11.5. The van der Waals surface area contributed by atoms with Crippen LogP contribution in [-0.4, -0.2) is 5.11 Å². The molecule has 0 fully saturated rings. The van der Waals surface area contributed by atoms with Crippen LogP contribution in [0.15, 0.2) is 42.5 Å². The number of nitrogens with two attached hydrogens (primary N) is 1. The van der Waals surface area contributed by atoms with Crippen molar-refractivity contribution < 1.29 is 5.11 Å². The third-order valence-corrected chi connectivity index (χ3v) is 2.67. The van der Waals surface area contributed by atoms with Gasteiger partial charge in [0.1, 0.15) is 5.75 Å². The third kappa shape index (κ3) is 2.18. The van der Waals surface area contributed by atoms with Crippen molar-refractivity contribution in [1.82, 2.24) is 0 Å². The van der Waals surface area contributed by atoms with Gasteiger partial charge in [-0.2, -0.15) is 0 Å². The summed E-state index contributed by atoms with van der Waals surface area (Å²) in [7, 11) is 0. The minimum Gasteiger partial charge on any atom is -0.507 e. The van der Waals surface area contributed by atoms with E-state index in [1.807, 2.05) is 24.3 Å². The van der Waals surface area contributed by atoms with Crippen molar-refractivity contribution in [3.05, 3.63) is 53.1 Å². The molecule has 3 heteroatoms. The zero-order valence-electron chi connectivity index (χ0n) is 8.65. The van der Waals surface area contributed by atoms with Crippen molar-refractivity contribution in [1.29, 1.82) is 0 Å². The first kappa shape index (κ1) is 11.0. The number of phenolic OH excluding ortho intramolecular Hbond substituents is 1. The highest BCUT2D eigenvalue weighted by Crippen LogP contribution is 2.31. The monoisotopic (exact) mass is 233 g/mol. The maximum absolute atomic E-state index is 9.76. The molecule has 0 saturated carbocycles. The SMILES string of the molecule is NCc1cccc(-c2cc(Cl)ccc2O)c1. The van der Waals surface area contributed by atoms with E-state index in [1.54, 1.807) is 18.2 Å². The highest BCUT2D eigenvalue weighted by molar-refractivity contribution is 6.31. The van der Waals surface area contributed by atoms with E-state index in [0.717, 1.165) is 16.7 Å². The summed E-state index contributed by atoms with van der Waals surface area (Å²) >= 11 is 5.90. The van der Waals surface area contributed by atoms with Crippen molar-refractivity contribution >= 4 is 11.6 Å². The Balaban J connectivity index is 2.53. The molecule has 0 atom stereocenters. The zero-order valence-corrected chi connectivity index (χ0v) is 9.41. The molecular formula is C13H12ClNO. The van der Waals surface area contributed by atoms with Crippen LogP contribution >= 0.6 is 11.6 Å². The Morgan fingerprint density at radius 3 is 2.69 bits per heavy atom. The second-order valence-corrected chi connectivity index (χ2v) is 4.00. The molecule has 0 unspecified atom stereocenters. The minimum absolute atomic E-state index is 0.221. The predicted octanol–water partition coefficient (Wildman–Crippen LogP) is 3.17. The number of aromatic hydroxyl groups is 1. The van der Waals surface area contributed by atoms with Crippen LogP contribution in [0.5, 0.6) is 5.75 Å². The first-order chi connectivity index (χ1) is 7.70. The summed E-state index contributed by atoms with van der Waals surface area (Å²) in [5, 5.41) is 10.4. The molecule has 0 radical (unpaired) electrons. The molecule has 0 aliphatic heterocycles. The number of hydrogen-bond donors (Lipinski definition) is 2. The van der Waals surface area contributed by atoms with Gasteiger partial charge < -0.3 is 10.8 Å². The molecule has 0 amide bonds. The Labute approximate surface area is 99.3 Å². The van der Waals surface area contributed by atoms with Crippen LogP contribution < -0.4 is 5.73 Å². The van der Waals surface area contributed by atoms with Gasteiger partial charge in [0, 0.05) is 17.1 Å². The molecule has 2 rings (SSSR count). The molecular weight excluding hydrogens is 222 g/mol. The Hall–Kier alpha value is -1.51. The van der Waals surface area contributed by atoms with E-state index >= 15 is 0 Å². The lowest BCUT2D eigenvalue weighted by molar-refractivity contribution is 0.477. The van der Waals surface area contributed by atoms with E-state index in [4.69, 9.17) is 17.3 Å². The van der Waals surface area contributed by atoms with Crippen molar-refractivity contribution in [2.45, 2.75) is 6.54 Å². The largest absolute Gasteiger partial charge is 0.507 e. The molecule has 0 aliphatic carbocycles.